The largest absolute Gasteiger partial charge is 0.413 e. The first kappa shape index (κ1) is 18.2. The Hall–Kier alpha value is -3.22. The lowest BCUT2D eigenvalue weighted by Gasteiger charge is -2.38. The van der Waals surface area contributed by atoms with Crippen LogP contribution < -0.4 is 10.1 Å². The first-order valence-electron chi connectivity index (χ1n) is 9.56. The maximum absolute atomic E-state index is 12.7. The molecular weight excluding hydrogens is 354 g/mol. The molecule has 7 nitrogen and oxygen atoms in total. The number of hydrogen-bond acceptors (Lipinski definition) is 5. The van der Waals surface area contributed by atoms with Crippen molar-refractivity contribution in [2.45, 2.75) is 38.1 Å². The van der Waals surface area contributed by atoms with Gasteiger partial charge in [0.15, 0.2) is 5.82 Å². The first-order chi connectivity index (χ1) is 13.7. The van der Waals surface area contributed by atoms with Crippen LogP contribution in [0.1, 0.15) is 38.4 Å². The Morgan fingerprint density at radius 1 is 1.07 bits per heavy atom. The van der Waals surface area contributed by atoms with Gasteiger partial charge >= 0.3 is 6.09 Å². The molecule has 4 rings (SSSR count). The van der Waals surface area contributed by atoms with E-state index >= 15 is 0 Å². The monoisotopic (exact) mass is 377 g/mol. The fourth-order valence-electron chi connectivity index (χ4n) is 3.70. The van der Waals surface area contributed by atoms with Crippen molar-refractivity contribution in [1.82, 2.24) is 25.5 Å². The summed E-state index contributed by atoms with van der Waals surface area (Å²) >= 11 is 0. The van der Waals surface area contributed by atoms with E-state index in [0.717, 1.165) is 31.4 Å². The van der Waals surface area contributed by atoms with Gasteiger partial charge in [-0.3, -0.25) is 0 Å². The van der Waals surface area contributed by atoms with Crippen molar-refractivity contribution in [1.29, 1.82) is 0 Å². The summed E-state index contributed by atoms with van der Waals surface area (Å²) in [5.41, 5.74) is 0.191. The van der Waals surface area contributed by atoms with Crippen LogP contribution in [0.3, 0.4) is 0 Å². The Labute approximate surface area is 163 Å². The molecule has 0 atom stereocenters. The predicted molar refractivity (Wildman–Crippen MR) is 104 cm³/mol. The third kappa shape index (κ3) is 3.74. The van der Waals surface area contributed by atoms with E-state index in [9.17, 15) is 4.79 Å². The van der Waals surface area contributed by atoms with Crippen LogP contribution in [0.5, 0.6) is 5.75 Å². The highest BCUT2D eigenvalue weighted by Gasteiger charge is 2.42. The summed E-state index contributed by atoms with van der Waals surface area (Å²) in [6.45, 7) is 2.23. The molecule has 1 heterocycles. The summed E-state index contributed by atoms with van der Waals surface area (Å²) in [5, 5.41) is 15.5. The lowest BCUT2D eigenvalue weighted by Crippen LogP contribution is -2.50. The molecule has 1 amide bonds. The second-order valence-electron chi connectivity index (χ2n) is 7.34. The van der Waals surface area contributed by atoms with Gasteiger partial charge in [-0.05, 0) is 66.3 Å². The lowest BCUT2D eigenvalue weighted by atomic mass is 9.76. The van der Waals surface area contributed by atoms with E-state index in [1.807, 2.05) is 48.5 Å². The lowest BCUT2D eigenvalue weighted by molar-refractivity contribution is 0.150. The molecular formula is C21H23N5O2. The molecule has 0 unspecified atom stereocenters. The molecule has 2 aromatic carbocycles. The zero-order chi connectivity index (χ0) is 19.4. The number of amides is 1. The number of para-hydroxylation sites is 2. The van der Waals surface area contributed by atoms with Gasteiger partial charge in [0, 0.05) is 0 Å². The maximum atomic E-state index is 12.7. The van der Waals surface area contributed by atoms with E-state index in [0.29, 0.717) is 17.5 Å². The van der Waals surface area contributed by atoms with E-state index in [1.54, 1.807) is 16.8 Å². The van der Waals surface area contributed by atoms with Crippen molar-refractivity contribution >= 4 is 6.09 Å². The molecule has 0 saturated heterocycles. The van der Waals surface area contributed by atoms with Crippen LogP contribution in [0, 0.1) is 5.92 Å². The summed E-state index contributed by atoms with van der Waals surface area (Å²) in [4.78, 5) is 12.7. The molecule has 1 aromatic heterocycles. The van der Waals surface area contributed by atoms with Crippen LogP contribution >= 0.6 is 0 Å². The molecule has 144 valence electrons. The van der Waals surface area contributed by atoms with E-state index in [1.165, 1.54) is 0 Å². The smallest absolute Gasteiger partial charge is 0.410 e. The van der Waals surface area contributed by atoms with Crippen molar-refractivity contribution in [2.24, 2.45) is 5.92 Å². The van der Waals surface area contributed by atoms with Crippen LogP contribution in [-0.2, 0) is 5.54 Å². The number of aromatic nitrogens is 4. The van der Waals surface area contributed by atoms with Crippen LogP contribution in [0.25, 0.3) is 5.69 Å². The number of nitrogens with one attached hydrogen (secondary N) is 1. The van der Waals surface area contributed by atoms with E-state index in [-0.39, 0.29) is 0 Å². The highest BCUT2D eigenvalue weighted by molar-refractivity contribution is 5.71. The molecule has 1 aliphatic rings. The minimum Gasteiger partial charge on any atom is -0.410 e. The number of nitrogens with zero attached hydrogens (tertiary/aromatic N) is 4. The SMILES string of the molecule is CC1CCC(NC(=O)Oc2ccccc2)(c2nnnn2-c2ccccc2)CC1. The topological polar surface area (TPSA) is 81.9 Å². The van der Waals surface area contributed by atoms with Gasteiger partial charge in [-0.1, -0.05) is 43.3 Å². The quantitative estimate of drug-likeness (QED) is 0.747. The third-order valence-corrected chi connectivity index (χ3v) is 5.32. The minimum atomic E-state index is -0.669. The molecule has 1 N–H and O–H groups in total. The fraction of sp³-hybridized carbons (Fsp3) is 0.333. The van der Waals surface area contributed by atoms with Crippen molar-refractivity contribution in [3.05, 3.63) is 66.5 Å². The van der Waals surface area contributed by atoms with Crippen molar-refractivity contribution in [2.75, 3.05) is 0 Å². The molecule has 0 aliphatic heterocycles. The molecule has 3 aromatic rings. The predicted octanol–water partition coefficient (Wildman–Crippen LogP) is 3.86. The molecule has 28 heavy (non-hydrogen) atoms. The van der Waals surface area contributed by atoms with Crippen molar-refractivity contribution in [3.63, 3.8) is 0 Å². The van der Waals surface area contributed by atoms with Crippen molar-refractivity contribution in [3.8, 4) is 11.4 Å². The maximum Gasteiger partial charge on any atom is 0.413 e. The zero-order valence-corrected chi connectivity index (χ0v) is 15.8. The number of rotatable bonds is 4. The van der Waals surface area contributed by atoms with Crippen LogP contribution in [-0.4, -0.2) is 26.3 Å². The number of benzene rings is 2. The summed E-state index contributed by atoms with van der Waals surface area (Å²) in [7, 11) is 0. The normalized spacial score (nSPS) is 21.8. The van der Waals surface area contributed by atoms with Gasteiger partial charge in [0.05, 0.1) is 5.69 Å². The number of tetrazole rings is 1. The van der Waals surface area contributed by atoms with Crippen LogP contribution in [0.15, 0.2) is 60.7 Å². The van der Waals surface area contributed by atoms with Crippen LogP contribution in [0.4, 0.5) is 4.79 Å². The minimum absolute atomic E-state index is 0.497. The third-order valence-electron chi connectivity index (χ3n) is 5.32. The van der Waals surface area contributed by atoms with Crippen LogP contribution in [0.2, 0.25) is 0 Å². The molecule has 1 aliphatic carbocycles. The van der Waals surface area contributed by atoms with E-state index < -0.39 is 11.6 Å². The Bertz CT molecular complexity index is 918. The molecule has 1 fully saturated rings. The summed E-state index contributed by atoms with van der Waals surface area (Å²) in [5.74, 6) is 1.73. The van der Waals surface area contributed by atoms with Gasteiger partial charge in [0.25, 0.3) is 0 Å². The first-order valence-corrected chi connectivity index (χ1v) is 9.56. The second kappa shape index (κ2) is 7.80. The Balaban J connectivity index is 1.65. The summed E-state index contributed by atoms with van der Waals surface area (Å²) < 4.78 is 7.19. The van der Waals surface area contributed by atoms with Gasteiger partial charge in [-0.2, -0.15) is 4.68 Å². The van der Waals surface area contributed by atoms with Gasteiger partial charge in [0.2, 0.25) is 0 Å². The average Bonchev–Trinajstić information content (AvgIpc) is 3.22. The Morgan fingerprint density at radius 3 is 2.39 bits per heavy atom. The van der Waals surface area contributed by atoms with Gasteiger partial charge in [-0.15, -0.1) is 5.10 Å². The number of ether oxygens (including phenoxy) is 1. The Morgan fingerprint density at radius 2 is 1.71 bits per heavy atom. The van der Waals surface area contributed by atoms with E-state index in [2.05, 4.69) is 27.8 Å². The molecule has 0 spiro atoms. The summed E-state index contributed by atoms with van der Waals surface area (Å²) in [6, 6.07) is 18.8. The van der Waals surface area contributed by atoms with E-state index in [4.69, 9.17) is 4.74 Å². The average molecular weight is 377 g/mol. The fourth-order valence-corrected chi connectivity index (χ4v) is 3.70. The zero-order valence-electron chi connectivity index (χ0n) is 15.8. The van der Waals surface area contributed by atoms with Gasteiger partial charge in [-0.25, -0.2) is 4.79 Å². The van der Waals surface area contributed by atoms with Crippen molar-refractivity contribution < 1.29 is 9.53 Å². The number of carbonyl (C=O) groups excluding carboxylic acids is 1. The highest BCUT2D eigenvalue weighted by atomic mass is 16.6. The molecule has 7 heteroatoms. The van der Waals surface area contributed by atoms with Gasteiger partial charge < -0.3 is 10.1 Å². The Kier molecular flexibility index (Phi) is 5.06. The molecule has 0 radical (unpaired) electrons. The molecule has 0 bridgehead atoms. The molecule has 1 saturated carbocycles. The number of hydrogen-bond donors (Lipinski definition) is 1. The standard InChI is InChI=1S/C21H23N5O2/c1-16-12-14-21(15-13-16,22-20(27)28-18-10-6-3-7-11-18)19-23-24-25-26(19)17-8-4-2-5-9-17/h2-11,16H,12-15H2,1H3,(H,22,27). The second-order valence-corrected chi connectivity index (χ2v) is 7.34. The number of carbonyl (C=O) groups is 1. The highest BCUT2D eigenvalue weighted by Crippen LogP contribution is 2.39. The summed E-state index contributed by atoms with van der Waals surface area (Å²) in [6.07, 6.45) is 2.97. The van der Waals surface area contributed by atoms with Gasteiger partial charge in [0.1, 0.15) is 11.3 Å².